The van der Waals surface area contributed by atoms with E-state index in [0.717, 1.165) is 6.26 Å². The van der Waals surface area contributed by atoms with E-state index in [1.165, 1.54) is 12.1 Å². The Morgan fingerprint density at radius 1 is 1.38 bits per heavy atom. The summed E-state index contributed by atoms with van der Waals surface area (Å²) >= 11 is 0. The average molecular weight is 239 g/mol. The Labute approximate surface area is 91.6 Å². The molecule has 0 aliphatic rings. The van der Waals surface area contributed by atoms with E-state index in [1.54, 1.807) is 6.07 Å². The molecule has 0 saturated carbocycles. The molecule has 0 saturated heterocycles. The van der Waals surface area contributed by atoms with E-state index in [9.17, 15) is 8.42 Å². The Hall–Kier alpha value is -1.96. The first-order valence-corrected chi connectivity index (χ1v) is 6.21. The standard InChI is InChI=1S/C8H9N5O2S/c1-16(14,15)7-3-2-5(4-6(7)9)8-10-12-13-11-8/h2-4H,9H2,1H3,(H,10,11,12,13). The molecular formula is C8H9N5O2S. The number of hydrogen-bond acceptors (Lipinski definition) is 6. The van der Waals surface area contributed by atoms with Crippen molar-refractivity contribution in [2.45, 2.75) is 4.90 Å². The molecule has 8 heteroatoms. The van der Waals surface area contributed by atoms with Gasteiger partial charge in [-0.15, -0.1) is 10.2 Å². The normalized spacial score (nSPS) is 11.6. The predicted molar refractivity (Wildman–Crippen MR) is 57.1 cm³/mol. The highest BCUT2D eigenvalue weighted by Crippen LogP contribution is 2.23. The highest BCUT2D eigenvalue weighted by molar-refractivity contribution is 7.90. The van der Waals surface area contributed by atoms with Crippen LogP contribution < -0.4 is 5.73 Å². The summed E-state index contributed by atoms with van der Waals surface area (Å²) in [5, 5.41) is 13.2. The van der Waals surface area contributed by atoms with Gasteiger partial charge in [0.1, 0.15) is 0 Å². The third-order valence-corrected chi connectivity index (χ3v) is 3.18. The molecule has 1 aromatic carbocycles. The maximum Gasteiger partial charge on any atom is 0.204 e. The van der Waals surface area contributed by atoms with Crippen LogP contribution in [0.4, 0.5) is 5.69 Å². The molecule has 0 spiro atoms. The minimum absolute atomic E-state index is 0.0970. The van der Waals surface area contributed by atoms with E-state index < -0.39 is 9.84 Å². The van der Waals surface area contributed by atoms with E-state index in [-0.39, 0.29) is 10.6 Å². The molecule has 1 aromatic heterocycles. The summed E-state index contributed by atoms with van der Waals surface area (Å²) in [4.78, 5) is 0.0970. The molecule has 0 bridgehead atoms. The van der Waals surface area contributed by atoms with Crippen LogP contribution in [-0.4, -0.2) is 35.3 Å². The van der Waals surface area contributed by atoms with Crippen LogP contribution in [0.25, 0.3) is 11.4 Å². The Bertz CT molecular complexity index is 605. The molecule has 0 amide bonds. The molecule has 2 aromatic rings. The molecule has 3 N–H and O–H groups in total. The molecular weight excluding hydrogens is 230 g/mol. The number of tetrazole rings is 1. The highest BCUT2D eigenvalue weighted by atomic mass is 32.2. The molecule has 0 radical (unpaired) electrons. The second-order valence-electron chi connectivity index (χ2n) is 3.26. The van der Waals surface area contributed by atoms with Crippen molar-refractivity contribution in [2.75, 3.05) is 12.0 Å². The number of sulfone groups is 1. The van der Waals surface area contributed by atoms with Gasteiger partial charge >= 0.3 is 0 Å². The van der Waals surface area contributed by atoms with Crippen LogP contribution in [0.5, 0.6) is 0 Å². The molecule has 0 unspecified atom stereocenters. The van der Waals surface area contributed by atoms with Crippen LogP contribution in [0.15, 0.2) is 23.1 Å². The first kappa shape index (κ1) is 10.6. The fourth-order valence-electron chi connectivity index (χ4n) is 1.31. The fourth-order valence-corrected chi connectivity index (χ4v) is 2.11. The number of nitrogens with one attached hydrogen (secondary N) is 1. The first-order valence-electron chi connectivity index (χ1n) is 4.32. The van der Waals surface area contributed by atoms with Gasteiger partial charge in [0.05, 0.1) is 10.6 Å². The van der Waals surface area contributed by atoms with Crippen molar-refractivity contribution in [3.8, 4) is 11.4 Å². The monoisotopic (exact) mass is 239 g/mol. The Kier molecular flexibility index (Phi) is 2.35. The number of nitrogens with two attached hydrogens (primary N) is 1. The number of rotatable bonds is 2. The zero-order chi connectivity index (χ0) is 11.8. The fraction of sp³-hybridized carbons (Fsp3) is 0.125. The quantitative estimate of drug-likeness (QED) is 0.704. The van der Waals surface area contributed by atoms with Crippen molar-refractivity contribution in [3.63, 3.8) is 0 Å². The minimum atomic E-state index is -3.31. The van der Waals surface area contributed by atoms with Crippen molar-refractivity contribution in [1.29, 1.82) is 0 Å². The van der Waals surface area contributed by atoms with Gasteiger partial charge in [0.2, 0.25) is 5.82 Å². The molecule has 0 atom stereocenters. The summed E-state index contributed by atoms with van der Waals surface area (Å²) in [6.07, 6.45) is 1.10. The first-order chi connectivity index (χ1) is 7.48. The number of aromatic nitrogens is 4. The number of benzene rings is 1. The van der Waals surface area contributed by atoms with E-state index in [0.29, 0.717) is 11.4 Å². The maximum atomic E-state index is 11.3. The van der Waals surface area contributed by atoms with Gasteiger partial charge in [0.15, 0.2) is 9.84 Å². The summed E-state index contributed by atoms with van der Waals surface area (Å²) in [6, 6.07) is 4.51. The van der Waals surface area contributed by atoms with E-state index >= 15 is 0 Å². The summed E-state index contributed by atoms with van der Waals surface area (Å²) in [5.74, 6) is 0.367. The van der Waals surface area contributed by atoms with Crippen molar-refractivity contribution in [2.24, 2.45) is 0 Å². The van der Waals surface area contributed by atoms with Gasteiger partial charge in [-0.3, -0.25) is 0 Å². The number of H-pyrrole nitrogens is 1. The van der Waals surface area contributed by atoms with Gasteiger partial charge in [-0.2, -0.15) is 5.21 Å². The van der Waals surface area contributed by atoms with Crippen LogP contribution in [0.2, 0.25) is 0 Å². The van der Waals surface area contributed by atoms with Crippen LogP contribution in [0.3, 0.4) is 0 Å². The van der Waals surface area contributed by atoms with Crippen molar-refractivity contribution >= 4 is 15.5 Å². The van der Waals surface area contributed by atoms with Crippen molar-refractivity contribution in [3.05, 3.63) is 18.2 Å². The Morgan fingerprint density at radius 2 is 2.12 bits per heavy atom. The number of nitrogens with zero attached hydrogens (tertiary/aromatic N) is 3. The van der Waals surface area contributed by atoms with Gasteiger partial charge in [-0.25, -0.2) is 8.42 Å². The SMILES string of the molecule is CS(=O)(=O)c1ccc(-c2nn[nH]n2)cc1N. The van der Waals surface area contributed by atoms with Crippen LogP contribution >= 0.6 is 0 Å². The third-order valence-electron chi connectivity index (χ3n) is 2.01. The predicted octanol–water partition coefficient (Wildman–Crippen LogP) is -0.148. The second-order valence-corrected chi connectivity index (χ2v) is 5.24. The van der Waals surface area contributed by atoms with E-state index in [1.807, 2.05) is 0 Å². The number of nitrogen functional groups attached to an aromatic ring is 1. The number of anilines is 1. The minimum Gasteiger partial charge on any atom is -0.398 e. The Morgan fingerprint density at radius 3 is 2.62 bits per heavy atom. The lowest BCUT2D eigenvalue weighted by Gasteiger charge is -2.04. The lowest BCUT2D eigenvalue weighted by Crippen LogP contribution is -2.02. The smallest absolute Gasteiger partial charge is 0.204 e. The van der Waals surface area contributed by atoms with Crippen LogP contribution in [-0.2, 0) is 9.84 Å². The average Bonchev–Trinajstić information content (AvgIpc) is 2.68. The number of hydrogen-bond donors (Lipinski definition) is 2. The maximum absolute atomic E-state index is 11.3. The summed E-state index contributed by atoms with van der Waals surface area (Å²) in [6.45, 7) is 0. The van der Waals surface area contributed by atoms with Gasteiger partial charge in [0, 0.05) is 11.8 Å². The zero-order valence-corrected chi connectivity index (χ0v) is 9.19. The van der Waals surface area contributed by atoms with Crippen LogP contribution in [0, 0.1) is 0 Å². The zero-order valence-electron chi connectivity index (χ0n) is 8.38. The molecule has 84 valence electrons. The van der Waals surface area contributed by atoms with Gasteiger partial charge in [0.25, 0.3) is 0 Å². The van der Waals surface area contributed by atoms with Gasteiger partial charge in [-0.05, 0) is 23.4 Å². The summed E-state index contributed by atoms with van der Waals surface area (Å²) in [5.41, 5.74) is 6.43. The third kappa shape index (κ3) is 1.87. The number of aromatic amines is 1. The van der Waals surface area contributed by atoms with Crippen LogP contribution in [0.1, 0.15) is 0 Å². The lowest BCUT2D eigenvalue weighted by molar-refractivity contribution is 0.602. The molecule has 2 rings (SSSR count). The highest BCUT2D eigenvalue weighted by Gasteiger charge is 2.13. The summed E-state index contributed by atoms with van der Waals surface area (Å²) < 4.78 is 22.6. The molecule has 0 fully saturated rings. The molecule has 16 heavy (non-hydrogen) atoms. The van der Waals surface area contributed by atoms with Crippen molar-refractivity contribution in [1.82, 2.24) is 20.6 Å². The van der Waals surface area contributed by atoms with Gasteiger partial charge in [-0.1, -0.05) is 0 Å². The largest absolute Gasteiger partial charge is 0.398 e. The molecule has 0 aliphatic carbocycles. The molecule has 7 nitrogen and oxygen atoms in total. The Balaban J connectivity index is 2.53. The molecule has 1 heterocycles. The van der Waals surface area contributed by atoms with E-state index in [2.05, 4.69) is 20.6 Å². The summed E-state index contributed by atoms with van der Waals surface area (Å²) in [7, 11) is -3.31. The molecule has 0 aliphatic heterocycles. The topological polar surface area (TPSA) is 115 Å². The van der Waals surface area contributed by atoms with Crippen molar-refractivity contribution < 1.29 is 8.42 Å². The van der Waals surface area contributed by atoms with Gasteiger partial charge < -0.3 is 5.73 Å². The van der Waals surface area contributed by atoms with E-state index in [4.69, 9.17) is 5.73 Å². The second kappa shape index (κ2) is 3.56. The lowest BCUT2D eigenvalue weighted by atomic mass is 10.2.